The van der Waals surface area contributed by atoms with Crippen LogP contribution in [0.15, 0.2) is 16.6 Å². The third-order valence-electron chi connectivity index (χ3n) is 1.79. The van der Waals surface area contributed by atoms with Crippen LogP contribution in [0.4, 0.5) is 0 Å². The Morgan fingerprint density at radius 1 is 1.29 bits per heavy atom. The van der Waals surface area contributed by atoms with Gasteiger partial charge in [0.05, 0.1) is 14.5 Å². The van der Waals surface area contributed by atoms with Crippen LogP contribution in [0.1, 0.15) is 24.2 Å². The Morgan fingerprint density at radius 3 is 2.07 bits per heavy atom. The molecule has 1 rings (SSSR count). The number of ketones is 1. The SMILES string of the molecule is CC(C)C(=O)c1cc(Cl)c(Br)c(Cl)c1. The second kappa shape index (κ2) is 4.65. The molecule has 1 aromatic rings. The zero-order valence-corrected chi connectivity index (χ0v) is 10.9. The van der Waals surface area contributed by atoms with E-state index in [-0.39, 0.29) is 11.7 Å². The quantitative estimate of drug-likeness (QED) is 0.576. The van der Waals surface area contributed by atoms with Gasteiger partial charge in [0.1, 0.15) is 0 Å². The van der Waals surface area contributed by atoms with Crippen molar-refractivity contribution < 1.29 is 4.79 Å². The van der Waals surface area contributed by atoms with Crippen molar-refractivity contribution in [3.8, 4) is 0 Å². The van der Waals surface area contributed by atoms with E-state index >= 15 is 0 Å². The highest BCUT2D eigenvalue weighted by Crippen LogP contribution is 2.32. The summed E-state index contributed by atoms with van der Waals surface area (Å²) in [6.45, 7) is 3.68. The van der Waals surface area contributed by atoms with Crippen LogP contribution in [0.5, 0.6) is 0 Å². The van der Waals surface area contributed by atoms with E-state index in [2.05, 4.69) is 15.9 Å². The van der Waals surface area contributed by atoms with Gasteiger partial charge in [-0.25, -0.2) is 0 Å². The van der Waals surface area contributed by atoms with E-state index in [9.17, 15) is 4.79 Å². The van der Waals surface area contributed by atoms with Crippen molar-refractivity contribution in [3.05, 3.63) is 32.2 Å². The molecule has 0 aromatic heterocycles. The van der Waals surface area contributed by atoms with Crippen LogP contribution in [0.25, 0.3) is 0 Å². The first-order valence-corrected chi connectivity index (χ1v) is 5.67. The van der Waals surface area contributed by atoms with Gasteiger partial charge in [-0.1, -0.05) is 37.0 Å². The van der Waals surface area contributed by atoms with Crippen molar-refractivity contribution >= 4 is 44.9 Å². The van der Waals surface area contributed by atoms with Gasteiger partial charge < -0.3 is 0 Å². The molecule has 1 nitrogen and oxygen atoms in total. The van der Waals surface area contributed by atoms with E-state index < -0.39 is 0 Å². The first-order chi connectivity index (χ1) is 6.43. The summed E-state index contributed by atoms with van der Waals surface area (Å²) in [7, 11) is 0. The smallest absolute Gasteiger partial charge is 0.165 e. The lowest BCUT2D eigenvalue weighted by Gasteiger charge is -2.06. The van der Waals surface area contributed by atoms with Crippen molar-refractivity contribution in [1.82, 2.24) is 0 Å². The molecular formula is C10H9BrCl2O. The number of halogens is 3. The average molecular weight is 296 g/mol. The zero-order chi connectivity index (χ0) is 10.9. The summed E-state index contributed by atoms with van der Waals surface area (Å²) in [6.07, 6.45) is 0. The van der Waals surface area contributed by atoms with Gasteiger partial charge in [-0.05, 0) is 28.1 Å². The van der Waals surface area contributed by atoms with Gasteiger partial charge >= 0.3 is 0 Å². The third-order valence-corrected chi connectivity index (χ3v) is 3.70. The van der Waals surface area contributed by atoms with Crippen LogP contribution in [-0.2, 0) is 0 Å². The van der Waals surface area contributed by atoms with E-state index in [0.29, 0.717) is 20.1 Å². The maximum atomic E-state index is 11.6. The molecule has 0 unspecified atom stereocenters. The number of carbonyl (C=O) groups excluding carboxylic acids is 1. The Kier molecular flexibility index (Phi) is 3.99. The molecule has 0 radical (unpaired) electrons. The number of rotatable bonds is 2. The second-order valence-electron chi connectivity index (χ2n) is 3.27. The number of benzene rings is 1. The molecule has 0 aliphatic heterocycles. The fourth-order valence-electron chi connectivity index (χ4n) is 1.03. The topological polar surface area (TPSA) is 17.1 Å². The number of hydrogen-bond acceptors (Lipinski definition) is 1. The predicted molar refractivity (Wildman–Crippen MR) is 63.3 cm³/mol. The number of Topliss-reactive ketones (excluding diaryl/α,β-unsaturated/α-hetero) is 1. The molecule has 14 heavy (non-hydrogen) atoms. The summed E-state index contributed by atoms with van der Waals surface area (Å²) < 4.78 is 0.626. The molecular weight excluding hydrogens is 287 g/mol. The highest BCUT2D eigenvalue weighted by molar-refractivity contribution is 9.10. The highest BCUT2D eigenvalue weighted by Gasteiger charge is 2.13. The van der Waals surface area contributed by atoms with Gasteiger partial charge in [-0.3, -0.25) is 4.79 Å². The van der Waals surface area contributed by atoms with Gasteiger partial charge in [-0.2, -0.15) is 0 Å². The van der Waals surface area contributed by atoms with Gasteiger partial charge in [-0.15, -0.1) is 0 Å². The van der Waals surface area contributed by atoms with Crippen molar-refractivity contribution in [3.63, 3.8) is 0 Å². The fraction of sp³-hybridized carbons (Fsp3) is 0.300. The Morgan fingerprint density at radius 2 is 1.71 bits per heavy atom. The second-order valence-corrected chi connectivity index (χ2v) is 4.88. The Hall–Kier alpha value is -0.0500. The molecule has 0 amide bonds. The number of hydrogen-bond donors (Lipinski definition) is 0. The maximum absolute atomic E-state index is 11.6. The van der Waals surface area contributed by atoms with Gasteiger partial charge in [0.2, 0.25) is 0 Å². The lowest BCUT2D eigenvalue weighted by Crippen LogP contribution is -2.07. The van der Waals surface area contributed by atoms with Crippen LogP contribution in [0.2, 0.25) is 10.0 Å². The normalized spacial score (nSPS) is 10.7. The monoisotopic (exact) mass is 294 g/mol. The summed E-state index contributed by atoms with van der Waals surface area (Å²) in [5, 5.41) is 0.919. The van der Waals surface area contributed by atoms with Crippen LogP contribution >= 0.6 is 39.1 Å². The first-order valence-electron chi connectivity index (χ1n) is 4.12. The molecule has 0 heterocycles. The Labute approximate surface area is 102 Å². The molecule has 0 bridgehead atoms. The van der Waals surface area contributed by atoms with Gasteiger partial charge in [0.25, 0.3) is 0 Å². The Balaban J connectivity index is 3.19. The van der Waals surface area contributed by atoms with Crippen molar-refractivity contribution in [2.45, 2.75) is 13.8 Å². The summed E-state index contributed by atoms with van der Waals surface area (Å²) >= 11 is 15.0. The van der Waals surface area contributed by atoms with E-state index in [1.54, 1.807) is 12.1 Å². The van der Waals surface area contributed by atoms with Crippen LogP contribution < -0.4 is 0 Å². The molecule has 0 fully saturated rings. The molecule has 0 saturated heterocycles. The molecule has 76 valence electrons. The molecule has 0 atom stereocenters. The van der Waals surface area contributed by atoms with Crippen LogP contribution in [0.3, 0.4) is 0 Å². The Bertz CT molecular complexity index is 351. The van der Waals surface area contributed by atoms with Crippen LogP contribution in [0, 0.1) is 5.92 Å². The minimum Gasteiger partial charge on any atom is -0.294 e. The fourth-order valence-corrected chi connectivity index (χ4v) is 1.75. The molecule has 0 N–H and O–H groups in total. The van der Waals surface area contributed by atoms with E-state index in [0.717, 1.165) is 0 Å². The van der Waals surface area contributed by atoms with Gasteiger partial charge in [0.15, 0.2) is 5.78 Å². The molecule has 1 aromatic carbocycles. The molecule has 0 aliphatic rings. The van der Waals surface area contributed by atoms with Gasteiger partial charge in [0, 0.05) is 11.5 Å². The first kappa shape index (κ1) is 12.0. The van der Waals surface area contributed by atoms with Crippen LogP contribution in [-0.4, -0.2) is 5.78 Å². The molecule has 4 heteroatoms. The average Bonchev–Trinajstić information content (AvgIpc) is 2.12. The standard InChI is InChI=1S/C10H9BrCl2O/c1-5(2)10(14)6-3-7(12)9(11)8(13)4-6/h3-5H,1-2H3. The van der Waals surface area contributed by atoms with Crippen molar-refractivity contribution in [2.75, 3.05) is 0 Å². The summed E-state index contributed by atoms with van der Waals surface area (Å²) in [5.41, 5.74) is 0.554. The van der Waals surface area contributed by atoms with E-state index in [1.165, 1.54) is 0 Å². The lowest BCUT2D eigenvalue weighted by molar-refractivity contribution is 0.0939. The molecule has 0 spiro atoms. The van der Waals surface area contributed by atoms with E-state index in [4.69, 9.17) is 23.2 Å². The largest absolute Gasteiger partial charge is 0.294 e. The molecule has 0 saturated carbocycles. The van der Waals surface area contributed by atoms with E-state index in [1.807, 2.05) is 13.8 Å². The minimum atomic E-state index is -0.0525. The minimum absolute atomic E-state index is 0.0429. The summed E-state index contributed by atoms with van der Waals surface area (Å²) in [5.74, 6) is -0.00962. The third kappa shape index (κ3) is 2.50. The predicted octanol–water partition coefficient (Wildman–Crippen LogP) is 4.59. The summed E-state index contributed by atoms with van der Waals surface area (Å²) in [6, 6.07) is 3.25. The summed E-state index contributed by atoms with van der Waals surface area (Å²) in [4.78, 5) is 11.6. The molecule has 0 aliphatic carbocycles. The lowest BCUT2D eigenvalue weighted by atomic mass is 10.0. The number of carbonyl (C=O) groups is 1. The highest BCUT2D eigenvalue weighted by atomic mass is 79.9. The van der Waals surface area contributed by atoms with Crippen molar-refractivity contribution in [1.29, 1.82) is 0 Å². The maximum Gasteiger partial charge on any atom is 0.165 e. The van der Waals surface area contributed by atoms with Crippen molar-refractivity contribution in [2.24, 2.45) is 5.92 Å². The zero-order valence-electron chi connectivity index (χ0n) is 7.77.